The van der Waals surface area contributed by atoms with Crippen LogP contribution in [0.2, 0.25) is 0 Å². The first kappa shape index (κ1) is 22.9. The second-order valence-corrected chi connectivity index (χ2v) is 11.2. The average Bonchev–Trinajstić information content (AvgIpc) is 3.59. The van der Waals surface area contributed by atoms with Gasteiger partial charge in [0, 0.05) is 38.7 Å². The van der Waals surface area contributed by atoms with Crippen LogP contribution in [-0.2, 0) is 19.6 Å². The smallest absolute Gasteiger partial charge is 0.264 e. The number of benzene rings is 1. The van der Waals surface area contributed by atoms with E-state index in [1.54, 1.807) is 37.6 Å². The van der Waals surface area contributed by atoms with Gasteiger partial charge >= 0.3 is 0 Å². The number of nitrogens with zero attached hydrogens (tertiary/aromatic N) is 2. The Labute approximate surface area is 200 Å². The van der Waals surface area contributed by atoms with Crippen molar-refractivity contribution in [2.75, 3.05) is 21.2 Å². The molecule has 1 atom stereocenters. The monoisotopic (exact) mass is 482 g/mol. The molecule has 0 spiro atoms. The Kier molecular flexibility index (Phi) is 5.44. The van der Waals surface area contributed by atoms with E-state index < -0.39 is 27.1 Å². The third-order valence-corrected chi connectivity index (χ3v) is 8.82. The fourth-order valence-corrected chi connectivity index (χ4v) is 6.42. The summed E-state index contributed by atoms with van der Waals surface area (Å²) in [6.07, 6.45) is 9.71. The SMILES string of the molecule is COC1(C2CCC2)NC(N(C)C)=CC=C1C1(C(=O)NS(=O)(=O)c2cccc3ncccc23)CC1. The number of dihydropyridines is 1. The highest BCUT2D eigenvalue weighted by atomic mass is 32.2. The van der Waals surface area contributed by atoms with Crippen LogP contribution >= 0.6 is 0 Å². The summed E-state index contributed by atoms with van der Waals surface area (Å²) in [6.45, 7) is 0. The van der Waals surface area contributed by atoms with Crippen molar-refractivity contribution < 1.29 is 17.9 Å². The molecular weight excluding hydrogens is 452 g/mol. The quantitative estimate of drug-likeness (QED) is 0.626. The molecule has 2 aliphatic carbocycles. The molecule has 9 heteroatoms. The standard InChI is InChI=1S/C25H30N4O4S/c1-29(2)22-13-12-21(25(27-22,33-3)17-7-4-8-17)24(14-15-24)23(30)28-34(31,32)20-11-5-10-19-18(20)9-6-16-26-19/h5-6,9-13,16-17,27H,4,7-8,14-15H2,1-3H3,(H,28,30). The molecule has 0 saturated heterocycles. The lowest BCUT2D eigenvalue weighted by atomic mass is 9.69. The summed E-state index contributed by atoms with van der Waals surface area (Å²) in [5.74, 6) is 0.590. The minimum absolute atomic E-state index is 0.0461. The number of sulfonamides is 1. The van der Waals surface area contributed by atoms with Crippen LogP contribution in [0.3, 0.4) is 0 Å². The van der Waals surface area contributed by atoms with Crippen molar-refractivity contribution in [3.8, 4) is 0 Å². The van der Waals surface area contributed by atoms with Gasteiger partial charge in [0.25, 0.3) is 10.0 Å². The summed E-state index contributed by atoms with van der Waals surface area (Å²) >= 11 is 0. The van der Waals surface area contributed by atoms with E-state index in [0.29, 0.717) is 23.7 Å². The number of amides is 1. The number of fused-ring (bicyclic) bond motifs is 1. The van der Waals surface area contributed by atoms with E-state index in [1.165, 1.54) is 6.07 Å². The first-order chi connectivity index (χ1) is 16.2. The molecule has 2 N–H and O–H groups in total. The number of nitrogens with one attached hydrogen (secondary N) is 2. The van der Waals surface area contributed by atoms with Gasteiger partial charge in [-0.2, -0.15) is 0 Å². The molecule has 0 radical (unpaired) electrons. The highest BCUT2D eigenvalue weighted by molar-refractivity contribution is 7.90. The predicted molar refractivity (Wildman–Crippen MR) is 129 cm³/mol. The van der Waals surface area contributed by atoms with Gasteiger partial charge in [-0.15, -0.1) is 0 Å². The van der Waals surface area contributed by atoms with E-state index in [2.05, 4.69) is 15.0 Å². The zero-order valence-corrected chi connectivity index (χ0v) is 20.5. The third-order valence-electron chi connectivity index (χ3n) is 7.43. The van der Waals surface area contributed by atoms with E-state index in [0.717, 1.165) is 30.7 Å². The van der Waals surface area contributed by atoms with Crippen molar-refractivity contribution in [1.82, 2.24) is 19.9 Å². The number of hydrogen-bond acceptors (Lipinski definition) is 7. The Bertz CT molecular complexity index is 1300. The number of pyridine rings is 1. The van der Waals surface area contributed by atoms with Gasteiger partial charge in [0.2, 0.25) is 5.91 Å². The Morgan fingerprint density at radius 2 is 1.94 bits per heavy atom. The third kappa shape index (κ3) is 3.49. The second kappa shape index (κ2) is 8.09. The first-order valence-electron chi connectivity index (χ1n) is 11.6. The molecule has 1 aromatic carbocycles. The first-order valence-corrected chi connectivity index (χ1v) is 13.1. The van der Waals surface area contributed by atoms with Crippen LogP contribution in [0.4, 0.5) is 0 Å². The Balaban J connectivity index is 1.51. The molecule has 1 amide bonds. The molecule has 34 heavy (non-hydrogen) atoms. The number of rotatable bonds is 7. The van der Waals surface area contributed by atoms with Gasteiger partial charge in [-0.1, -0.05) is 18.6 Å². The highest BCUT2D eigenvalue weighted by Crippen LogP contribution is 2.59. The lowest BCUT2D eigenvalue weighted by Gasteiger charge is -2.50. The molecule has 3 aliphatic rings. The van der Waals surface area contributed by atoms with Crippen LogP contribution in [0.15, 0.2) is 65.0 Å². The van der Waals surface area contributed by atoms with Gasteiger partial charge in [-0.3, -0.25) is 9.78 Å². The lowest BCUT2D eigenvalue weighted by molar-refractivity contribution is -0.127. The van der Waals surface area contributed by atoms with Gasteiger partial charge in [-0.25, -0.2) is 13.1 Å². The molecule has 2 saturated carbocycles. The van der Waals surface area contributed by atoms with Gasteiger partial charge < -0.3 is 15.0 Å². The number of carbonyl (C=O) groups is 1. The van der Waals surface area contributed by atoms with Gasteiger partial charge in [0.15, 0.2) is 5.72 Å². The van der Waals surface area contributed by atoms with E-state index in [1.807, 2.05) is 31.1 Å². The van der Waals surface area contributed by atoms with Crippen LogP contribution in [0, 0.1) is 11.3 Å². The number of allylic oxidation sites excluding steroid dienone is 2. The second-order valence-electron chi connectivity index (χ2n) is 9.56. The van der Waals surface area contributed by atoms with E-state index in [9.17, 15) is 13.2 Å². The van der Waals surface area contributed by atoms with Crippen molar-refractivity contribution in [3.05, 3.63) is 60.1 Å². The van der Waals surface area contributed by atoms with Gasteiger partial charge in [0.05, 0.1) is 15.8 Å². The van der Waals surface area contributed by atoms with Crippen LogP contribution in [-0.4, -0.2) is 51.1 Å². The maximum Gasteiger partial charge on any atom is 0.264 e. The van der Waals surface area contributed by atoms with Crippen LogP contribution < -0.4 is 10.0 Å². The summed E-state index contributed by atoms with van der Waals surface area (Å²) in [5.41, 5.74) is -0.399. The Morgan fingerprint density at radius 3 is 2.56 bits per heavy atom. The molecule has 8 nitrogen and oxygen atoms in total. The molecule has 1 aromatic heterocycles. The minimum atomic E-state index is -4.10. The molecule has 2 aromatic rings. The minimum Gasteiger partial charge on any atom is -0.365 e. The lowest BCUT2D eigenvalue weighted by Crippen LogP contribution is -2.61. The van der Waals surface area contributed by atoms with Crippen LogP contribution in [0.1, 0.15) is 32.1 Å². The zero-order valence-electron chi connectivity index (χ0n) is 19.7. The molecule has 2 heterocycles. The molecule has 1 unspecified atom stereocenters. The number of hydrogen-bond donors (Lipinski definition) is 2. The Morgan fingerprint density at radius 1 is 1.18 bits per heavy atom. The highest BCUT2D eigenvalue weighted by Gasteiger charge is 2.62. The molecular formula is C25H30N4O4S. The van der Waals surface area contributed by atoms with Crippen molar-refractivity contribution in [1.29, 1.82) is 0 Å². The van der Waals surface area contributed by atoms with Crippen molar-refractivity contribution in [2.24, 2.45) is 11.3 Å². The number of methoxy groups -OCH3 is 1. The largest absolute Gasteiger partial charge is 0.365 e. The topological polar surface area (TPSA) is 101 Å². The fourth-order valence-electron chi connectivity index (χ4n) is 5.15. The molecule has 5 rings (SSSR count). The zero-order chi connectivity index (χ0) is 24.1. The average molecular weight is 483 g/mol. The summed E-state index contributed by atoms with van der Waals surface area (Å²) in [6, 6.07) is 8.26. The van der Waals surface area contributed by atoms with Crippen molar-refractivity contribution in [2.45, 2.75) is 42.7 Å². The number of carbonyl (C=O) groups excluding carboxylic acids is 1. The molecule has 2 fully saturated rings. The summed E-state index contributed by atoms with van der Waals surface area (Å²) in [4.78, 5) is 19.9. The number of ether oxygens (including phenoxy) is 1. The maximum atomic E-state index is 13.6. The van der Waals surface area contributed by atoms with Crippen molar-refractivity contribution >= 4 is 26.8 Å². The van der Waals surface area contributed by atoms with Crippen LogP contribution in [0.5, 0.6) is 0 Å². The Hall–Kier alpha value is -2.91. The van der Waals surface area contributed by atoms with E-state index in [-0.39, 0.29) is 10.8 Å². The van der Waals surface area contributed by atoms with E-state index in [4.69, 9.17) is 4.74 Å². The van der Waals surface area contributed by atoms with Gasteiger partial charge in [0.1, 0.15) is 5.82 Å². The van der Waals surface area contributed by atoms with Gasteiger partial charge in [-0.05, 0) is 61.6 Å². The number of aromatic nitrogens is 1. The summed E-state index contributed by atoms with van der Waals surface area (Å²) in [7, 11) is 1.46. The van der Waals surface area contributed by atoms with Crippen molar-refractivity contribution in [3.63, 3.8) is 0 Å². The normalized spacial score (nSPS) is 23.9. The predicted octanol–water partition coefficient (Wildman–Crippen LogP) is 2.90. The molecule has 180 valence electrons. The summed E-state index contributed by atoms with van der Waals surface area (Å²) in [5, 5.41) is 4.03. The van der Waals surface area contributed by atoms with E-state index >= 15 is 0 Å². The molecule has 1 aliphatic heterocycles. The summed E-state index contributed by atoms with van der Waals surface area (Å²) < 4.78 is 35.2. The van der Waals surface area contributed by atoms with Crippen LogP contribution in [0.25, 0.3) is 10.9 Å². The molecule has 0 bridgehead atoms. The fraction of sp³-hybridized carbons (Fsp3) is 0.440. The maximum absolute atomic E-state index is 13.6.